The van der Waals surface area contributed by atoms with E-state index in [1.54, 1.807) is 0 Å². The molecule has 1 saturated heterocycles. The van der Waals surface area contributed by atoms with Gasteiger partial charge in [-0.3, -0.25) is 0 Å². The highest BCUT2D eigenvalue weighted by Gasteiger charge is 2.52. The average Bonchev–Trinajstić information content (AvgIpc) is 3.06. The van der Waals surface area contributed by atoms with Crippen LogP contribution < -0.4 is 21.0 Å². The van der Waals surface area contributed by atoms with E-state index in [0.29, 0.717) is 13.1 Å². The summed E-state index contributed by atoms with van der Waals surface area (Å²) in [7, 11) is -2.68. The van der Waals surface area contributed by atoms with Gasteiger partial charge in [-0.05, 0) is 15.4 Å². The highest BCUT2D eigenvalue weighted by atomic mass is 28.4. The van der Waals surface area contributed by atoms with Gasteiger partial charge in [0.15, 0.2) is 0 Å². The molecule has 0 unspecified atom stereocenters. The normalized spacial score (nSPS) is 20.4. The van der Waals surface area contributed by atoms with E-state index in [1.165, 1.54) is 10.4 Å². The maximum atomic E-state index is 11.2. The summed E-state index contributed by atoms with van der Waals surface area (Å²) in [6.45, 7) is 7.88. The maximum Gasteiger partial charge on any atom is 0.405 e. The first-order chi connectivity index (χ1) is 12.8. The molecule has 6 heteroatoms. The van der Waals surface area contributed by atoms with Crippen LogP contribution in [0.4, 0.5) is 4.79 Å². The Kier molecular flexibility index (Phi) is 5.69. The van der Waals surface area contributed by atoms with Crippen molar-refractivity contribution >= 4 is 24.8 Å². The number of carboxylic acid groups (broad SMARTS) is 1. The van der Waals surface area contributed by atoms with Crippen LogP contribution in [-0.2, 0) is 4.43 Å². The van der Waals surface area contributed by atoms with E-state index in [4.69, 9.17) is 4.43 Å². The first-order valence-corrected chi connectivity index (χ1v) is 11.2. The van der Waals surface area contributed by atoms with Gasteiger partial charge < -0.3 is 20.2 Å². The van der Waals surface area contributed by atoms with Gasteiger partial charge >= 0.3 is 6.09 Å². The van der Waals surface area contributed by atoms with Gasteiger partial charge in [-0.25, -0.2) is 4.79 Å². The zero-order chi connectivity index (χ0) is 19.5. The van der Waals surface area contributed by atoms with E-state index < -0.39 is 14.4 Å². The average molecular weight is 385 g/mol. The molecule has 2 aromatic carbocycles. The summed E-state index contributed by atoms with van der Waals surface area (Å²) in [6, 6.07) is 20.6. The van der Waals surface area contributed by atoms with Gasteiger partial charge in [-0.15, -0.1) is 0 Å². The van der Waals surface area contributed by atoms with E-state index in [1.807, 2.05) is 12.1 Å². The van der Waals surface area contributed by atoms with E-state index in [0.717, 1.165) is 0 Å². The Bertz CT molecular complexity index is 723. The minimum Gasteiger partial charge on any atom is -0.465 e. The smallest absolute Gasteiger partial charge is 0.405 e. The summed E-state index contributed by atoms with van der Waals surface area (Å²) >= 11 is 0. The molecule has 3 rings (SSSR count). The number of hydrogen-bond acceptors (Lipinski definition) is 3. The van der Waals surface area contributed by atoms with E-state index in [9.17, 15) is 9.90 Å². The van der Waals surface area contributed by atoms with Crippen molar-refractivity contribution in [2.75, 3.05) is 13.1 Å². The van der Waals surface area contributed by atoms with Gasteiger partial charge in [0.1, 0.15) is 0 Å². The summed E-state index contributed by atoms with van der Waals surface area (Å²) < 4.78 is 7.00. The second-order valence-electron chi connectivity index (χ2n) is 8.03. The predicted molar refractivity (Wildman–Crippen MR) is 110 cm³/mol. The Balaban J connectivity index is 2.11. The molecule has 27 heavy (non-hydrogen) atoms. The summed E-state index contributed by atoms with van der Waals surface area (Å²) in [4.78, 5) is 11.2. The third-order valence-electron chi connectivity index (χ3n) is 5.21. The number of nitrogens with one attached hydrogen (secondary N) is 2. The second-order valence-corrected chi connectivity index (χ2v) is 12.3. The van der Waals surface area contributed by atoms with Gasteiger partial charge in [0.2, 0.25) is 0 Å². The fourth-order valence-corrected chi connectivity index (χ4v) is 8.72. The Morgan fingerprint density at radius 1 is 1.04 bits per heavy atom. The highest BCUT2D eigenvalue weighted by molar-refractivity contribution is 6.99. The molecule has 1 fully saturated rings. The molecule has 1 amide bonds. The van der Waals surface area contributed by atoms with Crippen LogP contribution in [0.1, 0.15) is 20.8 Å². The zero-order valence-electron chi connectivity index (χ0n) is 16.1. The largest absolute Gasteiger partial charge is 0.465 e. The molecule has 2 aromatic rings. The van der Waals surface area contributed by atoms with Gasteiger partial charge in [0, 0.05) is 13.1 Å². The first kappa shape index (κ1) is 19.6. The van der Waals surface area contributed by atoms with Gasteiger partial charge in [-0.2, -0.15) is 0 Å². The molecule has 0 aliphatic carbocycles. The number of benzene rings is 2. The monoisotopic (exact) mass is 384 g/mol. The van der Waals surface area contributed by atoms with Crippen LogP contribution in [0.5, 0.6) is 0 Å². The summed E-state index contributed by atoms with van der Waals surface area (Å²) in [5.74, 6) is 0. The molecule has 1 aliphatic rings. The third-order valence-corrected chi connectivity index (χ3v) is 10.3. The molecule has 3 N–H and O–H groups in total. The molecule has 0 bridgehead atoms. The Morgan fingerprint density at radius 3 is 2.00 bits per heavy atom. The Morgan fingerprint density at radius 2 is 1.56 bits per heavy atom. The van der Waals surface area contributed by atoms with Gasteiger partial charge in [-0.1, -0.05) is 81.4 Å². The van der Waals surface area contributed by atoms with Crippen molar-refractivity contribution < 1.29 is 14.3 Å². The molecule has 0 radical (unpaired) electrons. The molecule has 0 saturated carbocycles. The second kappa shape index (κ2) is 7.84. The summed E-state index contributed by atoms with van der Waals surface area (Å²) in [5, 5.41) is 17.4. The topological polar surface area (TPSA) is 70.6 Å². The van der Waals surface area contributed by atoms with Gasteiger partial charge in [0.05, 0.1) is 12.1 Å². The van der Waals surface area contributed by atoms with Crippen molar-refractivity contribution in [2.45, 2.75) is 38.0 Å². The SMILES string of the molecule is CC(C)(C)[Si](O[C@H]1CNC[C@@H]1NC(=O)O)(c1ccccc1)c1ccccc1. The van der Waals surface area contributed by atoms with Crippen molar-refractivity contribution in [3.8, 4) is 0 Å². The van der Waals surface area contributed by atoms with Gasteiger partial charge in [0.25, 0.3) is 8.32 Å². The molecule has 1 aliphatic heterocycles. The molecule has 144 valence electrons. The minimum atomic E-state index is -2.68. The number of carbonyl (C=O) groups is 1. The maximum absolute atomic E-state index is 11.2. The quantitative estimate of drug-likeness (QED) is 0.691. The van der Waals surface area contributed by atoms with E-state index in [2.05, 4.69) is 79.9 Å². The van der Waals surface area contributed by atoms with Crippen molar-refractivity contribution in [1.29, 1.82) is 0 Å². The molecular weight excluding hydrogens is 356 g/mol. The van der Waals surface area contributed by atoms with Crippen LogP contribution in [-0.4, -0.2) is 44.8 Å². The molecule has 1 heterocycles. The summed E-state index contributed by atoms with van der Waals surface area (Å²) in [6.07, 6.45) is -1.23. The molecule has 0 spiro atoms. The molecule has 5 nitrogen and oxygen atoms in total. The third kappa shape index (κ3) is 3.93. The minimum absolute atomic E-state index is 0.133. The van der Waals surface area contributed by atoms with Crippen LogP contribution in [0.3, 0.4) is 0 Å². The highest BCUT2D eigenvalue weighted by Crippen LogP contribution is 2.38. The lowest BCUT2D eigenvalue weighted by Gasteiger charge is -2.45. The molecule has 2 atom stereocenters. The van der Waals surface area contributed by atoms with Crippen molar-refractivity contribution in [2.24, 2.45) is 0 Å². The first-order valence-electron chi connectivity index (χ1n) is 9.33. The Labute approximate surface area is 161 Å². The van der Waals surface area contributed by atoms with Crippen LogP contribution in [0, 0.1) is 0 Å². The Hall–Kier alpha value is -2.15. The van der Waals surface area contributed by atoms with Crippen molar-refractivity contribution in [3.05, 3.63) is 60.7 Å². The van der Waals surface area contributed by atoms with E-state index >= 15 is 0 Å². The summed E-state index contributed by atoms with van der Waals surface area (Å²) in [5.41, 5.74) is 0. The van der Waals surface area contributed by atoms with E-state index in [-0.39, 0.29) is 17.2 Å². The molecule has 0 aromatic heterocycles. The number of amides is 1. The number of hydrogen-bond donors (Lipinski definition) is 3. The zero-order valence-corrected chi connectivity index (χ0v) is 17.1. The lowest BCUT2D eigenvalue weighted by Crippen LogP contribution is -2.69. The van der Waals surface area contributed by atoms with Crippen LogP contribution in [0.25, 0.3) is 0 Å². The lowest BCUT2D eigenvalue weighted by atomic mass is 10.2. The number of rotatable bonds is 5. The van der Waals surface area contributed by atoms with Crippen LogP contribution >= 0.6 is 0 Å². The fraction of sp³-hybridized carbons (Fsp3) is 0.381. The predicted octanol–water partition coefficient (Wildman–Crippen LogP) is 2.17. The fourth-order valence-electron chi connectivity index (χ4n) is 4.00. The lowest BCUT2D eigenvalue weighted by molar-refractivity contribution is 0.156. The van der Waals surface area contributed by atoms with Crippen LogP contribution in [0.15, 0.2) is 60.7 Å². The van der Waals surface area contributed by atoms with Crippen molar-refractivity contribution in [3.63, 3.8) is 0 Å². The van der Waals surface area contributed by atoms with Crippen LogP contribution in [0.2, 0.25) is 5.04 Å². The van der Waals surface area contributed by atoms with Crippen molar-refractivity contribution in [1.82, 2.24) is 10.6 Å². The standard InChI is InChI=1S/C21H28N2O3Si/c1-21(2,3)27(16-10-6-4-7-11-16,17-12-8-5-9-13-17)26-19-15-22-14-18(19)23-20(24)25/h4-13,18-19,22-23H,14-15H2,1-3H3,(H,24,25)/t18-,19-/m0/s1. The molecular formula is C21H28N2O3Si.